The summed E-state index contributed by atoms with van der Waals surface area (Å²) in [6.45, 7) is 0. The lowest BCUT2D eigenvalue weighted by Gasteiger charge is -2.12. The number of aryl methyl sites for hydroxylation is 1. The normalized spacial score (nSPS) is 12.9. The van der Waals surface area contributed by atoms with E-state index in [1.54, 1.807) is 17.4 Å². The van der Waals surface area contributed by atoms with Gasteiger partial charge in [0.05, 0.1) is 6.04 Å². The molecule has 0 aliphatic carbocycles. The van der Waals surface area contributed by atoms with E-state index in [9.17, 15) is 0 Å². The average molecular weight is 256 g/mol. The topological polar surface area (TPSA) is 25.2 Å². The van der Waals surface area contributed by atoms with E-state index in [4.69, 9.17) is 16.0 Å². The molecule has 4 heteroatoms. The standard InChI is InChI=1S/C12H14ClNOS/c1-14-10(11-4-5-12(13)15-11)3-2-9-6-7-16-8-9/h4-8,10,14H,2-3H2,1H3. The number of nitrogens with one attached hydrogen (secondary N) is 1. The summed E-state index contributed by atoms with van der Waals surface area (Å²) in [4.78, 5) is 0. The van der Waals surface area contributed by atoms with E-state index in [0.29, 0.717) is 5.22 Å². The molecule has 16 heavy (non-hydrogen) atoms. The van der Waals surface area contributed by atoms with Gasteiger partial charge in [-0.05, 0) is 66.0 Å². The Morgan fingerprint density at radius 2 is 2.31 bits per heavy atom. The van der Waals surface area contributed by atoms with Gasteiger partial charge in [0, 0.05) is 0 Å². The molecule has 0 aliphatic rings. The number of halogens is 1. The first-order valence-corrected chi connectivity index (χ1v) is 6.55. The first-order valence-electron chi connectivity index (χ1n) is 5.23. The largest absolute Gasteiger partial charge is 0.448 e. The molecule has 1 atom stereocenters. The zero-order valence-corrected chi connectivity index (χ0v) is 10.6. The molecule has 1 N–H and O–H groups in total. The van der Waals surface area contributed by atoms with Crippen LogP contribution >= 0.6 is 22.9 Å². The maximum absolute atomic E-state index is 5.77. The van der Waals surface area contributed by atoms with Gasteiger partial charge in [0.1, 0.15) is 5.76 Å². The minimum Gasteiger partial charge on any atom is -0.448 e. The van der Waals surface area contributed by atoms with Gasteiger partial charge in [-0.15, -0.1) is 0 Å². The maximum atomic E-state index is 5.77. The molecule has 2 aromatic rings. The van der Waals surface area contributed by atoms with Crippen molar-refractivity contribution in [2.75, 3.05) is 7.05 Å². The lowest BCUT2D eigenvalue weighted by molar-refractivity contribution is 0.416. The van der Waals surface area contributed by atoms with Crippen LogP contribution in [0.3, 0.4) is 0 Å². The van der Waals surface area contributed by atoms with Crippen molar-refractivity contribution in [3.05, 3.63) is 45.5 Å². The maximum Gasteiger partial charge on any atom is 0.193 e. The van der Waals surface area contributed by atoms with Crippen LogP contribution in [-0.2, 0) is 6.42 Å². The summed E-state index contributed by atoms with van der Waals surface area (Å²) in [6, 6.07) is 6.10. The molecule has 0 aromatic carbocycles. The Morgan fingerprint density at radius 3 is 2.88 bits per heavy atom. The van der Waals surface area contributed by atoms with Crippen LogP contribution in [0.15, 0.2) is 33.4 Å². The average Bonchev–Trinajstić information content (AvgIpc) is 2.91. The van der Waals surface area contributed by atoms with E-state index in [1.807, 2.05) is 13.1 Å². The number of hydrogen-bond donors (Lipinski definition) is 1. The van der Waals surface area contributed by atoms with Gasteiger partial charge in [0.2, 0.25) is 0 Å². The summed E-state index contributed by atoms with van der Waals surface area (Å²) in [6.07, 6.45) is 2.06. The quantitative estimate of drug-likeness (QED) is 0.877. The molecule has 0 amide bonds. The van der Waals surface area contributed by atoms with E-state index < -0.39 is 0 Å². The highest BCUT2D eigenvalue weighted by atomic mass is 35.5. The van der Waals surface area contributed by atoms with Crippen LogP contribution in [0.25, 0.3) is 0 Å². The highest BCUT2D eigenvalue weighted by Crippen LogP contribution is 2.23. The smallest absolute Gasteiger partial charge is 0.193 e. The van der Waals surface area contributed by atoms with Gasteiger partial charge in [-0.25, -0.2) is 0 Å². The van der Waals surface area contributed by atoms with Crippen molar-refractivity contribution in [3.63, 3.8) is 0 Å². The van der Waals surface area contributed by atoms with Gasteiger partial charge in [0.25, 0.3) is 0 Å². The minimum atomic E-state index is 0.229. The van der Waals surface area contributed by atoms with Crippen molar-refractivity contribution in [1.29, 1.82) is 0 Å². The molecule has 2 aromatic heterocycles. The summed E-state index contributed by atoms with van der Waals surface area (Å²) in [5, 5.41) is 7.98. The monoisotopic (exact) mass is 255 g/mol. The SMILES string of the molecule is CNC(CCc1ccsc1)c1ccc(Cl)o1. The Balaban J connectivity index is 1.96. The van der Waals surface area contributed by atoms with Crippen molar-refractivity contribution in [1.82, 2.24) is 5.32 Å². The molecule has 0 spiro atoms. The summed E-state index contributed by atoms with van der Waals surface area (Å²) in [7, 11) is 1.94. The second kappa shape index (κ2) is 5.53. The van der Waals surface area contributed by atoms with Crippen molar-refractivity contribution in [3.8, 4) is 0 Å². The van der Waals surface area contributed by atoms with Gasteiger partial charge < -0.3 is 9.73 Å². The van der Waals surface area contributed by atoms with Crippen LogP contribution in [0.2, 0.25) is 5.22 Å². The summed E-state index contributed by atoms with van der Waals surface area (Å²) in [5.74, 6) is 0.905. The Morgan fingerprint density at radius 1 is 1.44 bits per heavy atom. The van der Waals surface area contributed by atoms with Crippen molar-refractivity contribution in [2.24, 2.45) is 0 Å². The molecular formula is C12H14ClNOS. The van der Waals surface area contributed by atoms with Gasteiger partial charge >= 0.3 is 0 Å². The molecule has 1 unspecified atom stereocenters. The molecule has 2 nitrogen and oxygen atoms in total. The Labute approximate surface area is 104 Å². The van der Waals surface area contributed by atoms with E-state index in [2.05, 4.69) is 22.1 Å². The zero-order valence-electron chi connectivity index (χ0n) is 9.07. The first-order chi connectivity index (χ1) is 7.79. The van der Waals surface area contributed by atoms with Crippen molar-refractivity contribution >= 4 is 22.9 Å². The number of hydrogen-bond acceptors (Lipinski definition) is 3. The third kappa shape index (κ3) is 2.88. The zero-order chi connectivity index (χ0) is 11.4. The molecule has 0 bridgehead atoms. The van der Waals surface area contributed by atoms with Crippen molar-refractivity contribution in [2.45, 2.75) is 18.9 Å². The van der Waals surface area contributed by atoms with Crippen LogP contribution in [0.4, 0.5) is 0 Å². The fourth-order valence-corrected chi connectivity index (χ4v) is 2.55. The Kier molecular flexibility index (Phi) is 4.04. The summed E-state index contributed by atoms with van der Waals surface area (Å²) >= 11 is 7.50. The molecule has 2 heterocycles. The second-order valence-corrected chi connectivity index (χ2v) is 4.81. The van der Waals surface area contributed by atoms with Crippen LogP contribution in [0.1, 0.15) is 23.8 Å². The molecule has 0 radical (unpaired) electrons. The number of rotatable bonds is 5. The fraction of sp³-hybridized carbons (Fsp3) is 0.333. The first kappa shape index (κ1) is 11.7. The lowest BCUT2D eigenvalue weighted by atomic mass is 10.1. The van der Waals surface area contributed by atoms with E-state index >= 15 is 0 Å². The third-order valence-electron chi connectivity index (χ3n) is 2.59. The predicted molar refractivity (Wildman–Crippen MR) is 68.2 cm³/mol. The van der Waals surface area contributed by atoms with E-state index in [-0.39, 0.29) is 6.04 Å². The van der Waals surface area contributed by atoms with Gasteiger partial charge in [-0.2, -0.15) is 11.3 Å². The van der Waals surface area contributed by atoms with E-state index in [1.165, 1.54) is 5.56 Å². The minimum absolute atomic E-state index is 0.229. The van der Waals surface area contributed by atoms with Crippen LogP contribution < -0.4 is 5.32 Å². The summed E-state index contributed by atoms with van der Waals surface area (Å²) in [5.41, 5.74) is 1.38. The molecule has 2 rings (SSSR count). The molecule has 0 aliphatic heterocycles. The highest BCUT2D eigenvalue weighted by molar-refractivity contribution is 7.07. The van der Waals surface area contributed by atoms with Crippen LogP contribution in [0, 0.1) is 0 Å². The van der Waals surface area contributed by atoms with Gasteiger partial charge in [-0.1, -0.05) is 0 Å². The Bertz CT molecular complexity index is 424. The lowest BCUT2D eigenvalue weighted by Crippen LogP contribution is -2.16. The molecule has 0 fully saturated rings. The fourth-order valence-electron chi connectivity index (χ4n) is 1.69. The molecular weight excluding hydrogens is 242 g/mol. The molecule has 86 valence electrons. The molecule has 0 saturated carbocycles. The summed E-state index contributed by atoms with van der Waals surface area (Å²) < 4.78 is 5.41. The molecule has 0 saturated heterocycles. The van der Waals surface area contributed by atoms with Gasteiger partial charge in [-0.3, -0.25) is 0 Å². The van der Waals surface area contributed by atoms with E-state index in [0.717, 1.165) is 18.6 Å². The van der Waals surface area contributed by atoms with Crippen LogP contribution in [0.5, 0.6) is 0 Å². The third-order valence-corrected chi connectivity index (χ3v) is 3.52. The number of furan rings is 1. The van der Waals surface area contributed by atoms with Crippen LogP contribution in [-0.4, -0.2) is 7.05 Å². The second-order valence-electron chi connectivity index (χ2n) is 3.65. The Hall–Kier alpha value is -0.770. The van der Waals surface area contributed by atoms with Crippen molar-refractivity contribution < 1.29 is 4.42 Å². The van der Waals surface area contributed by atoms with Gasteiger partial charge in [0.15, 0.2) is 5.22 Å². The highest BCUT2D eigenvalue weighted by Gasteiger charge is 2.13. The predicted octanol–water partition coefficient (Wildman–Crippen LogP) is 3.89. The number of thiophene rings is 1.